The minimum absolute atomic E-state index is 0.128. The first-order valence-corrected chi connectivity index (χ1v) is 6.97. The largest absolute Gasteiger partial charge is 0.351 e. The Morgan fingerprint density at radius 3 is 2.71 bits per heavy atom. The van der Waals surface area contributed by atoms with Gasteiger partial charge in [0.2, 0.25) is 0 Å². The van der Waals surface area contributed by atoms with Crippen LogP contribution in [0.2, 0.25) is 0 Å². The molecule has 4 heteroatoms. The van der Waals surface area contributed by atoms with Crippen LogP contribution < -0.4 is 5.32 Å². The molecular formula is C13H16FNOS. The highest BCUT2D eigenvalue weighted by Gasteiger charge is 2.36. The number of amides is 1. The van der Waals surface area contributed by atoms with Crippen molar-refractivity contribution in [1.82, 2.24) is 5.32 Å². The number of thioether (sulfide) groups is 1. The van der Waals surface area contributed by atoms with E-state index < -0.39 is 5.82 Å². The maximum Gasteiger partial charge on any atom is 0.254 e. The molecule has 0 aliphatic heterocycles. The van der Waals surface area contributed by atoms with Gasteiger partial charge in [0.15, 0.2) is 0 Å². The molecule has 0 atom stereocenters. The zero-order valence-electron chi connectivity index (χ0n) is 9.83. The molecule has 1 amide bonds. The van der Waals surface area contributed by atoms with Crippen molar-refractivity contribution in [3.05, 3.63) is 35.6 Å². The highest BCUT2D eigenvalue weighted by molar-refractivity contribution is 8.00. The standard InChI is InChI=1S/C13H16FNOS/c1-17-13(7-4-8-13)9-15-12(16)10-5-2-3-6-11(10)14/h2-3,5-6H,4,7-9H2,1H3,(H,15,16). The van der Waals surface area contributed by atoms with Gasteiger partial charge in [-0.15, -0.1) is 0 Å². The minimum atomic E-state index is -0.461. The first-order chi connectivity index (χ1) is 8.17. The minimum Gasteiger partial charge on any atom is -0.351 e. The number of benzene rings is 1. The summed E-state index contributed by atoms with van der Waals surface area (Å²) >= 11 is 1.79. The van der Waals surface area contributed by atoms with E-state index in [1.165, 1.54) is 18.6 Å². The van der Waals surface area contributed by atoms with Gasteiger partial charge in [-0.2, -0.15) is 11.8 Å². The van der Waals surface area contributed by atoms with Crippen molar-refractivity contribution in [3.63, 3.8) is 0 Å². The van der Waals surface area contributed by atoms with Gasteiger partial charge >= 0.3 is 0 Å². The van der Waals surface area contributed by atoms with Crippen molar-refractivity contribution in [2.45, 2.75) is 24.0 Å². The second-order valence-electron chi connectivity index (χ2n) is 4.40. The summed E-state index contributed by atoms with van der Waals surface area (Å²) < 4.78 is 13.6. The lowest BCUT2D eigenvalue weighted by Crippen LogP contribution is -2.45. The lowest BCUT2D eigenvalue weighted by atomic mass is 9.84. The van der Waals surface area contributed by atoms with Crippen LogP contribution in [0, 0.1) is 5.82 Å². The van der Waals surface area contributed by atoms with Crippen molar-refractivity contribution in [2.75, 3.05) is 12.8 Å². The van der Waals surface area contributed by atoms with Crippen molar-refractivity contribution in [2.24, 2.45) is 0 Å². The molecule has 0 heterocycles. The smallest absolute Gasteiger partial charge is 0.254 e. The van der Waals surface area contributed by atoms with Crippen LogP contribution in [0.5, 0.6) is 0 Å². The van der Waals surface area contributed by atoms with Crippen molar-refractivity contribution in [3.8, 4) is 0 Å². The fraction of sp³-hybridized carbons (Fsp3) is 0.462. The van der Waals surface area contributed by atoms with E-state index in [4.69, 9.17) is 0 Å². The number of hydrogen-bond donors (Lipinski definition) is 1. The quantitative estimate of drug-likeness (QED) is 0.894. The number of hydrogen-bond acceptors (Lipinski definition) is 2. The van der Waals surface area contributed by atoms with Crippen LogP contribution in [0.1, 0.15) is 29.6 Å². The highest BCUT2D eigenvalue weighted by Crippen LogP contribution is 2.42. The number of carbonyl (C=O) groups excluding carboxylic acids is 1. The van der Waals surface area contributed by atoms with Gasteiger partial charge < -0.3 is 5.32 Å². The van der Waals surface area contributed by atoms with E-state index in [1.807, 2.05) is 0 Å². The number of carbonyl (C=O) groups is 1. The van der Waals surface area contributed by atoms with E-state index in [9.17, 15) is 9.18 Å². The monoisotopic (exact) mass is 253 g/mol. The third-order valence-electron chi connectivity index (χ3n) is 3.39. The Morgan fingerprint density at radius 1 is 1.47 bits per heavy atom. The van der Waals surface area contributed by atoms with Gasteiger partial charge in [-0.05, 0) is 31.2 Å². The molecule has 92 valence electrons. The Morgan fingerprint density at radius 2 is 2.18 bits per heavy atom. The first kappa shape index (κ1) is 12.4. The number of rotatable bonds is 4. The Hall–Kier alpha value is -1.03. The SMILES string of the molecule is CSC1(CNC(=O)c2ccccc2F)CCC1. The molecule has 1 N–H and O–H groups in total. The molecule has 0 spiro atoms. The topological polar surface area (TPSA) is 29.1 Å². The molecular weight excluding hydrogens is 237 g/mol. The van der Waals surface area contributed by atoms with E-state index >= 15 is 0 Å². The average Bonchev–Trinajstić information content (AvgIpc) is 2.28. The molecule has 1 aromatic rings. The summed E-state index contributed by atoms with van der Waals surface area (Å²) in [5.41, 5.74) is 0.128. The maximum atomic E-state index is 13.4. The van der Waals surface area contributed by atoms with Gasteiger partial charge in [0.05, 0.1) is 5.56 Å². The van der Waals surface area contributed by atoms with Crippen LogP contribution in [-0.2, 0) is 0 Å². The Balaban J connectivity index is 1.96. The molecule has 1 saturated carbocycles. The molecule has 17 heavy (non-hydrogen) atoms. The molecule has 0 bridgehead atoms. The van der Waals surface area contributed by atoms with Crippen LogP contribution in [-0.4, -0.2) is 23.5 Å². The molecule has 1 aromatic carbocycles. The second kappa shape index (κ2) is 5.08. The molecule has 2 nitrogen and oxygen atoms in total. The zero-order chi connectivity index (χ0) is 12.3. The Labute approximate surface area is 105 Å². The first-order valence-electron chi connectivity index (χ1n) is 5.75. The summed E-state index contributed by atoms with van der Waals surface area (Å²) in [4.78, 5) is 11.8. The summed E-state index contributed by atoms with van der Waals surface area (Å²) in [6, 6.07) is 6.08. The molecule has 0 radical (unpaired) electrons. The maximum absolute atomic E-state index is 13.4. The molecule has 0 unspecified atom stereocenters. The van der Waals surface area contributed by atoms with Gasteiger partial charge in [0, 0.05) is 11.3 Å². The Kier molecular flexibility index (Phi) is 3.72. The van der Waals surface area contributed by atoms with E-state index in [2.05, 4.69) is 11.6 Å². The fourth-order valence-corrected chi connectivity index (χ4v) is 2.92. The van der Waals surface area contributed by atoms with Crippen LogP contribution in [0.25, 0.3) is 0 Å². The Bertz CT molecular complexity index is 412. The average molecular weight is 253 g/mol. The summed E-state index contributed by atoms with van der Waals surface area (Å²) in [6.45, 7) is 0.626. The molecule has 0 aromatic heterocycles. The predicted octanol–water partition coefficient (Wildman–Crippen LogP) is 2.84. The van der Waals surface area contributed by atoms with Crippen LogP contribution in [0.3, 0.4) is 0 Å². The molecule has 1 aliphatic carbocycles. The third-order valence-corrected chi connectivity index (χ3v) is 4.81. The van der Waals surface area contributed by atoms with Gasteiger partial charge in [0.25, 0.3) is 5.91 Å². The third kappa shape index (κ3) is 2.63. The van der Waals surface area contributed by atoms with Gasteiger partial charge in [0.1, 0.15) is 5.82 Å². The van der Waals surface area contributed by atoms with Crippen molar-refractivity contribution < 1.29 is 9.18 Å². The number of halogens is 1. The van der Waals surface area contributed by atoms with E-state index in [0.29, 0.717) is 6.54 Å². The summed E-state index contributed by atoms with van der Waals surface area (Å²) in [6.07, 6.45) is 5.54. The van der Waals surface area contributed by atoms with Crippen LogP contribution in [0.4, 0.5) is 4.39 Å². The van der Waals surface area contributed by atoms with Gasteiger partial charge in [-0.25, -0.2) is 4.39 Å². The molecule has 1 aliphatic rings. The predicted molar refractivity (Wildman–Crippen MR) is 68.8 cm³/mol. The fourth-order valence-electron chi connectivity index (χ4n) is 2.01. The highest BCUT2D eigenvalue weighted by atomic mass is 32.2. The molecule has 0 saturated heterocycles. The lowest BCUT2D eigenvalue weighted by molar-refractivity contribution is 0.0940. The second-order valence-corrected chi connectivity index (χ2v) is 5.68. The summed E-state index contributed by atoms with van der Waals surface area (Å²) in [5.74, 6) is -0.778. The zero-order valence-corrected chi connectivity index (χ0v) is 10.6. The van der Waals surface area contributed by atoms with E-state index in [-0.39, 0.29) is 16.2 Å². The number of nitrogens with one attached hydrogen (secondary N) is 1. The summed E-state index contributed by atoms with van der Waals surface area (Å²) in [7, 11) is 0. The van der Waals surface area contributed by atoms with Crippen LogP contribution in [0.15, 0.2) is 24.3 Å². The molecule has 2 rings (SSSR count). The van der Waals surface area contributed by atoms with E-state index in [1.54, 1.807) is 23.9 Å². The van der Waals surface area contributed by atoms with Gasteiger partial charge in [-0.3, -0.25) is 4.79 Å². The molecule has 1 fully saturated rings. The van der Waals surface area contributed by atoms with Gasteiger partial charge in [-0.1, -0.05) is 18.6 Å². The normalized spacial score (nSPS) is 17.3. The van der Waals surface area contributed by atoms with Crippen LogP contribution >= 0.6 is 11.8 Å². The summed E-state index contributed by atoms with van der Waals surface area (Å²) in [5, 5.41) is 2.83. The van der Waals surface area contributed by atoms with Crippen molar-refractivity contribution in [1.29, 1.82) is 0 Å². The lowest BCUT2D eigenvalue weighted by Gasteiger charge is -2.40. The van der Waals surface area contributed by atoms with E-state index in [0.717, 1.165) is 12.8 Å². The van der Waals surface area contributed by atoms with Crippen molar-refractivity contribution >= 4 is 17.7 Å².